The van der Waals surface area contributed by atoms with E-state index in [0.29, 0.717) is 22.5 Å². The van der Waals surface area contributed by atoms with E-state index in [4.69, 9.17) is 5.26 Å². The van der Waals surface area contributed by atoms with Gasteiger partial charge in [-0.05, 0) is 30.3 Å². The van der Waals surface area contributed by atoms with Crippen molar-refractivity contribution in [3.63, 3.8) is 0 Å². The fourth-order valence-electron chi connectivity index (χ4n) is 2.50. The van der Waals surface area contributed by atoms with Crippen LogP contribution < -0.4 is 9.80 Å². The van der Waals surface area contributed by atoms with Crippen LogP contribution in [0.25, 0.3) is 0 Å². The minimum Gasteiger partial charge on any atom is -0.312 e. The van der Waals surface area contributed by atoms with E-state index in [1.165, 1.54) is 11.0 Å². The fourth-order valence-corrected chi connectivity index (χ4v) is 2.50. The van der Waals surface area contributed by atoms with Crippen molar-refractivity contribution in [1.82, 2.24) is 0 Å². The van der Waals surface area contributed by atoms with Crippen molar-refractivity contribution in [2.45, 2.75) is 0 Å². The van der Waals surface area contributed by atoms with E-state index in [-0.39, 0.29) is 18.4 Å². The molecule has 2 aromatic rings. The van der Waals surface area contributed by atoms with E-state index in [1.54, 1.807) is 36.2 Å². The molecule has 108 valence electrons. The van der Waals surface area contributed by atoms with E-state index >= 15 is 0 Å². The highest BCUT2D eigenvalue weighted by molar-refractivity contribution is 6.15. The van der Waals surface area contributed by atoms with Crippen LogP contribution in [0.2, 0.25) is 0 Å². The molecule has 0 bridgehead atoms. The molecular formula is C17H13N3O2. The quantitative estimate of drug-likeness (QED) is 0.809. The number of nitrogens with zero attached hydrogens (tertiary/aromatic N) is 3. The van der Waals surface area contributed by atoms with Gasteiger partial charge >= 0.3 is 0 Å². The molecule has 0 atom stereocenters. The molecule has 3 rings (SSSR count). The second kappa shape index (κ2) is 5.34. The summed E-state index contributed by atoms with van der Waals surface area (Å²) in [4.78, 5) is 27.8. The summed E-state index contributed by atoms with van der Waals surface area (Å²) in [6.45, 7) is -0.0108. The number of fused-ring (bicyclic) bond motifs is 1. The van der Waals surface area contributed by atoms with Crippen LogP contribution in [0, 0.1) is 11.3 Å². The van der Waals surface area contributed by atoms with Crippen LogP contribution in [-0.4, -0.2) is 25.4 Å². The molecule has 1 aliphatic rings. The van der Waals surface area contributed by atoms with Crippen LogP contribution in [0.4, 0.5) is 11.4 Å². The molecule has 1 aliphatic heterocycles. The highest BCUT2D eigenvalue weighted by Crippen LogP contribution is 2.33. The van der Waals surface area contributed by atoms with Crippen LogP contribution in [0.3, 0.4) is 0 Å². The predicted octanol–water partition coefficient (Wildman–Crippen LogP) is 2.18. The third kappa shape index (κ3) is 2.21. The van der Waals surface area contributed by atoms with Gasteiger partial charge in [-0.2, -0.15) is 5.26 Å². The molecule has 0 saturated carbocycles. The summed E-state index contributed by atoms with van der Waals surface area (Å²) in [6, 6.07) is 15.8. The molecule has 0 spiro atoms. The number of anilines is 2. The SMILES string of the molecule is CN1C(=O)CN(C(=O)c2cccc(C#N)c2)c2ccccc21. The molecule has 22 heavy (non-hydrogen) atoms. The molecule has 5 nitrogen and oxygen atoms in total. The summed E-state index contributed by atoms with van der Waals surface area (Å²) >= 11 is 0. The predicted molar refractivity (Wildman–Crippen MR) is 82.7 cm³/mol. The van der Waals surface area contributed by atoms with Gasteiger partial charge in [0, 0.05) is 12.6 Å². The second-order valence-electron chi connectivity index (χ2n) is 5.03. The molecule has 2 amide bonds. The van der Waals surface area contributed by atoms with Gasteiger partial charge in [0.1, 0.15) is 6.54 Å². The number of hydrogen-bond donors (Lipinski definition) is 0. The second-order valence-corrected chi connectivity index (χ2v) is 5.03. The molecule has 0 saturated heterocycles. The highest BCUT2D eigenvalue weighted by Gasteiger charge is 2.30. The van der Waals surface area contributed by atoms with E-state index in [1.807, 2.05) is 24.3 Å². The topological polar surface area (TPSA) is 64.4 Å². The van der Waals surface area contributed by atoms with Crippen LogP contribution in [-0.2, 0) is 4.79 Å². The number of rotatable bonds is 1. The molecule has 0 aromatic heterocycles. The highest BCUT2D eigenvalue weighted by atomic mass is 16.2. The maximum Gasteiger partial charge on any atom is 0.258 e. The van der Waals surface area contributed by atoms with Crippen LogP contribution >= 0.6 is 0 Å². The molecular weight excluding hydrogens is 278 g/mol. The van der Waals surface area contributed by atoms with Crippen molar-refractivity contribution in [2.75, 3.05) is 23.4 Å². The van der Waals surface area contributed by atoms with Crippen molar-refractivity contribution in [2.24, 2.45) is 0 Å². The van der Waals surface area contributed by atoms with Gasteiger partial charge in [-0.3, -0.25) is 14.5 Å². The molecule has 0 unspecified atom stereocenters. The molecule has 0 fully saturated rings. The number of carbonyl (C=O) groups is 2. The molecule has 0 radical (unpaired) electrons. The first-order valence-corrected chi connectivity index (χ1v) is 6.79. The van der Waals surface area contributed by atoms with Crippen molar-refractivity contribution < 1.29 is 9.59 Å². The zero-order valence-corrected chi connectivity index (χ0v) is 12.0. The first-order valence-electron chi connectivity index (χ1n) is 6.79. The van der Waals surface area contributed by atoms with Crippen molar-refractivity contribution in [1.29, 1.82) is 5.26 Å². The monoisotopic (exact) mass is 291 g/mol. The minimum absolute atomic E-state index is 0.0108. The maximum absolute atomic E-state index is 12.7. The summed E-state index contributed by atoms with van der Waals surface area (Å²) in [5.41, 5.74) is 2.20. The van der Waals surface area contributed by atoms with Gasteiger partial charge in [-0.15, -0.1) is 0 Å². The fraction of sp³-hybridized carbons (Fsp3) is 0.118. The number of nitriles is 1. The summed E-state index contributed by atoms with van der Waals surface area (Å²) in [5, 5.41) is 8.95. The van der Waals surface area contributed by atoms with Crippen LogP contribution in [0.15, 0.2) is 48.5 Å². The molecule has 0 aliphatic carbocycles. The van der Waals surface area contributed by atoms with Crippen LogP contribution in [0.5, 0.6) is 0 Å². The zero-order valence-electron chi connectivity index (χ0n) is 12.0. The van der Waals surface area contributed by atoms with Gasteiger partial charge in [0.2, 0.25) is 5.91 Å². The number of amides is 2. The lowest BCUT2D eigenvalue weighted by atomic mass is 10.1. The first-order chi connectivity index (χ1) is 10.6. The minimum atomic E-state index is -0.286. The number of hydrogen-bond acceptors (Lipinski definition) is 3. The third-order valence-electron chi connectivity index (χ3n) is 3.69. The average Bonchev–Trinajstić information content (AvgIpc) is 2.57. The normalized spacial score (nSPS) is 13.5. The van der Waals surface area contributed by atoms with Crippen LogP contribution in [0.1, 0.15) is 15.9 Å². The molecule has 0 N–H and O–H groups in total. The van der Waals surface area contributed by atoms with Gasteiger partial charge in [-0.25, -0.2) is 0 Å². The van der Waals surface area contributed by atoms with Gasteiger partial charge in [0.25, 0.3) is 5.91 Å². The molecule has 2 aromatic carbocycles. The third-order valence-corrected chi connectivity index (χ3v) is 3.69. The van der Waals surface area contributed by atoms with Crippen molar-refractivity contribution in [3.05, 3.63) is 59.7 Å². The Morgan fingerprint density at radius 1 is 1.14 bits per heavy atom. The lowest BCUT2D eigenvalue weighted by Gasteiger charge is -2.34. The van der Waals surface area contributed by atoms with Gasteiger partial charge < -0.3 is 4.90 Å². The van der Waals surface area contributed by atoms with Gasteiger partial charge in [-0.1, -0.05) is 18.2 Å². The zero-order chi connectivity index (χ0) is 15.7. The first kappa shape index (κ1) is 13.8. The van der Waals surface area contributed by atoms with Gasteiger partial charge in [0.15, 0.2) is 0 Å². The summed E-state index contributed by atoms with van der Waals surface area (Å²) < 4.78 is 0. The Hall–Kier alpha value is -3.13. The van der Waals surface area contributed by atoms with E-state index < -0.39 is 0 Å². The number of likely N-dealkylation sites (N-methyl/N-ethyl adjacent to an activating group) is 1. The summed E-state index contributed by atoms with van der Waals surface area (Å²) in [7, 11) is 1.69. The summed E-state index contributed by atoms with van der Waals surface area (Å²) in [5.74, 6) is -0.436. The molecule has 1 heterocycles. The number of benzene rings is 2. The average molecular weight is 291 g/mol. The Morgan fingerprint density at radius 2 is 1.86 bits per heavy atom. The standard InChI is InChI=1S/C17H13N3O2/c1-19-14-7-2-3-8-15(14)20(11-16(19)21)17(22)13-6-4-5-12(9-13)10-18/h2-9H,11H2,1H3. The largest absolute Gasteiger partial charge is 0.312 e. The van der Waals surface area contributed by atoms with E-state index in [0.717, 1.165) is 0 Å². The lowest BCUT2D eigenvalue weighted by Crippen LogP contribution is -2.46. The van der Waals surface area contributed by atoms with Crippen molar-refractivity contribution >= 4 is 23.2 Å². The Kier molecular flexibility index (Phi) is 3.36. The Balaban J connectivity index is 2.04. The van der Waals surface area contributed by atoms with E-state index in [2.05, 4.69) is 0 Å². The summed E-state index contributed by atoms with van der Waals surface area (Å²) in [6.07, 6.45) is 0. The number of carbonyl (C=O) groups excluding carboxylic acids is 2. The Labute approximate surface area is 128 Å². The molecule has 5 heteroatoms. The Morgan fingerprint density at radius 3 is 2.59 bits per heavy atom. The lowest BCUT2D eigenvalue weighted by molar-refractivity contribution is -0.117. The van der Waals surface area contributed by atoms with E-state index in [9.17, 15) is 9.59 Å². The Bertz CT molecular complexity index is 808. The van der Waals surface area contributed by atoms with Crippen molar-refractivity contribution in [3.8, 4) is 6.07 Å². The maximum atomic E-state index is 12.7. The number of para-hydroxylation sites is 2. The van der Waals surface area contributed by atoms with Gasteiger partial charge in [0.05, 0.1) is 23.0 Å². The smallest absolute Gasteiger partial charge is 0.258 e.